The molecule has 1 amide bonds. The molecule has 0 bridgehead atoms. The third-order valence-electron chi connectivity index (χ3n) is 6.95. The Kier molecular flexibility index (Phi) is 4.72. The van der Waals surface area contributed by atoms with Gasteiger partial charge in [0.25, 0.3) is 5.91 Å². The van der Waals surface area contributed by atoms with E-state index in [-0.39, 0.29) is 23.0 Å². The quantitative estimate of drug-likeness (QED) is 0.815. The van der Waals surface area contributed by atoms with Crippen molar-refractivity contribution < 1.29 is 4.79 Å². The molecule has 1 N–H and O–H groups in total. The Balaban J connectivity index is 1.71. The first-order valence-electron chi connectivity index (χ1n) is 10.6. The lowest BCUT2D eigenvalue weighted by molar-refractivity contribution is 0.0574. The molecule has 2 aromatic rings. The highest BCUT2D eigenvalue weighted by Crippen LogP contribution is 2.42. The van der Waals surface area contributed by atoms with Gasteiger partial charge < -0.3 is 10.2 Å². The smallest absolute Gasteiger partial charge is 0.259 e. The van der Waals surface area contributed by atoms with E-state index < -0.39 is 0 Å². The number of nitrogens with zero attached hydrogens (tertiary/aromatic N) is 3. The molecule has 0 aliphatic carbocycles. The summed E-state index contributed by atoms with van der Waals surface area (Å²) in [5, 5.41) is 8.27. The summed E-state index contributed by atoms with van der Waals surface area (Å²) in [5.74, 6) is 0.988. The Morgan fingerprint density at radius 1 is 1.21 bits per heavy atom. The first-order chi connectivity index (χ1) is 13.4. The molecular weight excluding hydrogens is 348 g/mol. The van der Waals surface area contributed by atoms with Gasteiger partial charge in [-0.2, -0.15) is 5.10 Å². The predicted molar refractivity (Wildman–Crippen MR) is 113 cm³/mol. The molecule has 1 fully saturated rings. The highest BCUT2D eigenvalue weighted by Gasteiger charge is 2.43. The third-order valence-corrected chi connectivity index (χ3v) is 6.95. The van der Waals surface area contributed by atoms with Gasteiger partial charge in [-0.25, -0.2) is 4.68 Å². The Hall–Kier alpha value is -2.30. The van der Waals surface area contributed by atoms with Crippen molar-refractivity contribution in [2.45, 2.75) is 76.9 Å². The fourth-order valence-electron chi connectivity index (χ4n) is 5.18. The number of anilines is 1. The standard InChI is InChI=1S/C23H32N4O/c1-5-23(6-2)13-10-14-26(23)21(28)18-16-24-27-20(18)25-19(15-22(27,3)4)17-11-8-7-9-12-17/h7-9,11-12,16,19,25H,5-6,10,13-15H2,1-4H3. The van der Waals surface area contributed by atoms with Crippen molar-refractivity contribution in [2.75, 3.05) is 11.9 Å². The highest BCUT2D eigenvalue weighted by atomic mass is 16.2. The maximum absolute atomic E-state index is 13.6. The van der Waals surface area contributed by atoms with Gasteiger partial charge in [0, 0.05) is 12.1 Å². The van der Waals surface area contributed by atoms with Crippen molar-refractivity contribution in [1.29, 1.82) is 0 Å². The van der Waals surface area contributed by atoms with Crippen molar-refractivity contribution >= 4 is 11.7 Å². The van der Waals surface area contributed by atoms with Crippen LogP contribution in [0.4, 0.5) is 5.82 Å². The molecule has 1 aromatic heterocycles. The number of amides is 1. The summed E-state index contributed by atoms with van der Waals surface area (Å²) < 4.78 is 2.01. The second-order valence-electron chi connectivity index (χ2n) is 8.93. The fraction of sp³-hybridized carbons (Fsp3) is 0.565. The molecule has 3 heterocycles. The van der Waals surface area contributed by atoms with Crippen LogP contribution in [-0.2, 0) is 5.54 Å². The lowest BCUT2D eigenvalue weighted by atomic mass is 9.88. The van der Waals surface area contributed by atoms with Crippen LogP contribution >= 0.6 is 0 Å². The van der Waals surface area contributed by atoms with Crippen molar-refractivity contribution in [3.05, 3.63) is 47.7 Å². The molecule has 1 atom stereocenters. The van der Waals surface area contributed by atoms with Crippen LogP contribution in [0.2, 0.25) is 0 Å². The average molecular weight is 381 g/mol. The fourth-order valence-corrected chi connectivity index (χ4v) is 5.18. The molecule has 5 nitrogen and oxygen atoms in total. The van der Waals surface area contributed by atoms with Crippen LogP contribution in [0.25, 0.3) is 0 Å². The molecule has 28 heavy (non-hydrogen) atoms. The van der Waals surface area contributed by atoms with Gasteiger partial charge in [-0.15, -0.1) is 0 Å². The van der Waals surface area contributed by atoms with Crippen LogP contribution in [0.1, 0.15) is 81.8 Å². The van der Waals surface area contributed by atoms with E-state index in [2.05, 4.69) is 67.3 Å². The van der Waals surface area contributed by atoms with Gasteiger partial charge in [-0.1, -0.05) is 44.2 Å². The monoisotopic (exact) mass is 380 g/mol. The van der Waals surface area contributed by atoms with E-state index in [1.165, 1.54) is 5.56 Å². The third kappa shape index (κ3) is 2.92. The second-order valence-corrected chi connectivity index (χ2v) is 8.93. The van der Waals surface area contributed by atoms with E-state index >= 15 is 0 Å². The number of benzene rings is 1. The summed E-state index contributed by atoms with van der Waals surface area (Å²) in [6.45, 7) is 9.65. The normalized spacial score (nSPS) is 22.6. The van der Waals surface area contributed by atoms with E-state index in [1.54, 1.807) is 6.20 Å². The zero-order chi connectivity index (χ0) is 19.9. The SMILES string of the molecule is CCC1(CC)CCCN1C(=O)c1cnn2c1NC(c1ccccc1)CC2(C)C. The topological polar surface area (TPSA) is 50.2 Å². The van der Waals surface area contributed by atoms with E-state index in [0.717, 1.165) is 44.5 Å². The van der Waals surface area contributed by atoms with Crippen molar-refractivity contribution in [2.24, 2.45) is 0 Å². The molecule has 0 spiro atoms. The molecule has 1 aromatic carbocycles. The van der Waals surface area contributed by atoms with Crippen LogP contribution in [0, 0.1) is 0 Å². The number of carbonyl (C=O) groups is 1. The summed E-state index contributed by atoms with van der Waals surface area (Å²) in [6.07, 6.45) is 6.89. The number of nitrogens with one attached hydrogen (secondary N) is 1. The minimum Gasteiger partial charge on any atom is -0.363 e. The molecule has 150 valence electrons. The zero-order valence-corrected chi connectivity index (χ0v) is 17.5. The second kappa shape index (κ2) is 6.94. The van der Waals surface area contributed by atoms with E-state index in [9.17, 15) is 4.79 Å². The first kappa shape index (κ1) is 19.0. The largest absolute Gasteiger partial charge is 0.363 e. The number of rotatable bonds is 4. The maximum atomic E-state index is 13.6. The molecule has 2 aliphatic heterocycles. The van der Waals surface area contributed by atoms with Crippen LogP contribution in [-0.4, -0.2) is 32.7 Å². The minimum atomic E-state index is -0.156. The van der Waals surface area contributed by atoms with Gasteiger partial charge in [0.1, 0.15) is 11.4 Å². The van der Waals surface area contributed by atoms with Gasteiger partial charge in [0.15, 0.2) is 0 Å². The number of carbonyl (C=O) groups excluding carboxylic acids is 1. The number of fused-ring (bicyclic) bond motifs is 1. The Morgan fingerprint density at radius 3 is 2.61 bits per heavy atom. The van der Waals surface area contributed by atoms with Crippen molar-refractivity contribution in [3.8, 4) is 0 Å². The highest BCUT2D eigenvalue weighted by molar-refractivity contribution is 5.99. The zero-order valence-electron chi connectivity index (χ0n) is 17.5. The van der Waals surface area contributed by atoms with Gasteiger partial charge in [0.05, 0.1) is 17.8 Å². The molecule has 1 saturated heterocycles. The minimum absolute atomic E-state index is 0.00504. The van der Waals surface area contributed by atoms with Crippen LogP contribution in [0.15, 0.2) is 36.5 Å². The van der Waals surface area contributed by atoms with Gasteiger partial charge in [-0.3, -0.25) is 4.79 Å². The van der Waals surface area contributed by atoms with Crippen molar-refractivity contribution in [3.63, 3.8) is 0 Å². The maximum Gasteiger partial charge on any atom is 0.259 e. The number of aromatic nitrogens is 2. The Bertz CT molecular complexity index is 851. The first-order valence-corrected chi connectivity index (χ1v) is 10.6. The summed E-state index contributed by atoms with van der Waals surface area (Å²) in [4.78, 5) is 15.7. The Morgan fingerprint density at radius 2 is 1.93 bits per heavy atom. The molecule has 1 unspecified atom stereocenters. The molecule has 2 aliphatic rings. The molecular formula is C23H32N4O. The Labute approximate surface area is 168 Å². The summed E-state index contributed by atoms with van der Waals surface area (Å²) in [7, 11) is 0. The number of hydrogen-bond donors (Lipinski definition) is 1. The molecule has 0 saturated carbocycles. The van der Waals surface area contributed by atoms with Crippen LogP contribution < -0.4 is 5.32 Å². The predicted octanol–water partition coefficient (Wildman–Crippen LogP) is 4.97. The average Bonchev–Trinajstić information content (AvgIpc) is 3.33. The van der Waals surface area contributed by atoms with Gasteiger partial charge >= 0.3 is 0 Å². The lowest BCUT2D eigenvalue weighted by Crippen LogP contribution is -2.47. The van der Waals surface area contributed by atoms with Gasteiger partial charge in [-0.05, 0) is 51.5 Å². The number of likely N-dealkylation sites (tertiary alicyclic amines) is 1. The summed E-state index contributed by atoms with van der Waals surface area (Å²) in [6, 6.07) is 10.7. The lowest BCUT2D eigenvalue weighted by Gasteiger charge is -2.40. The van der Waals surface area contributed by atoms with Crippen LogP contribution in [0.3, 0.4) is 0 Å². The summed E-state index contributed by atoms with van der Waals surface area (Å²) in [5.41, 5.74) is 1.80. The van der Waals surface area contributed by atoms with Crippen molar-refractivity contribution in [1.82, 2.24) is 14.7 Å². The van der Waals surface area contributed by atoms with E-state index in [1.807, 2.05) is 10.7 Å². The van der Waals surface area contributed by atoms with Gasteiger partial charge in [0.2, 0.25) is 0 Å². The number of hydrogen-bond acceptors (Lipinski definition) is 3. The van der Waals surface area contributed by atoms with E-state index in [0.29, 0.717) is 5.56 Å². The summed E-state index contributed by atoms with van der Waals surface area (Å²) >= 11 is 0. The molecule has 5 heteroatoms. The van der Waals surface area contributed by atoms with E-state index in [4.69, 9.17) is 0 Å². The molecule has 4 rings (SSSR count). The van der Waals surface area contributed by atoms with Crippen LogP contribution in [0.5, 0.6) is 0 Å². The molecule has 0 radical (unpaired) electrons.